The molecule has 2 aromatic rings. The Bertz CT molecular complexity index is 810. The zero-order valence-corrected chi connectivity index (χ0v) is 14.7. The molecule has 3 nitrogen and oxygen atoms in total. The Morgan fingerprint density at radius 2 is 1.88 bits per heavy atom. The van der Waals surface area contributed by atoms with Crippen molar-refractivity contribution in [2.75, 3.05) is 14.1 Å². The van der Waals surface area contributed by atoms with Crippen LogP contribution in [0.4, 0.5) is 4.39 Å². The molecule has 0 fully saturated rings. The largest absolute Gasteiger partial charge is 0.365 e. The molecule has 0 amide bonds. The molecule has 0 bridgehead atoms. The Labute approximate surface area is 146 Å². The van der Waals surface area contributed by atoms with E-state index < -0.39 is 0 Å². The first-order valence-electron chi connectivity index (χ1n) is 7.79. The van der Waals surface area contributed by atoms with Gasteiger partial charge in [0.1, 0.15) is 11.7 Å². The summed E-state index contributed by atoms with van der Waals surface area (Å²) in [5.74, 6) is 0.637. The van der Waals surface area contributed by atoms with Crippen molar-refractivity contribution in [2.45, 2.75) is 19.3 Å². The second-order valence-electron chi connectivity index (χ2n) is 6.14. The molecular weight excluding hydrogens is 325 g/mol. The Balaban J connectivity index is 2.06. The molecule has 24 heavy (non-hydrogen) atoms. The maximum Gasteiger partial charge on any atom is 0.123 e. The molecule has 0 aromatic heterocycles. The van der Waals surface area contributed by atoms with Crippen molar-refractivity contribution in [2.24, 2.45) is 10.2 Å². The summed E-state index contributed by atoms with van der Waals surface area (Å²) >= 11 is 6.13. The van der Waals surface area contributed by atoms with Crippen LogP contribution in [0.15, 0.2) is 52.7 Å². The highest BCUT2D eigenvalue weighted by Crippen LogP contribution is 2.36. The highest BCUT2D eigenvalue weighted by Gasteiger charge is 2.30. The van der Waals surface area contributed by atoms with Gasteiger partial charge in [0.05, 0.1) is 5.71 Å². The van der Waals surface area contributed by atoms with Crippen molar-refractivity contribution >= 4 is 23.1 Å². The summed E-state index contributed by atoms with van der Waals surface area (Å²) in [7, 11) is 3.86. The van der Waals surface area contributed by atoms with Crippen molar-refractivity contribution in [3.8, 4) is 0 Å². The molecule has 0 saturated carbocycles. The molecule has 3 rings (SSSR count). The molecule has 0 spiro atoms. The number of fused-ring (bicyclic) bond motifs is 1. The Kier molecular flexibility index (Phi) is 4.67. The van der Waals surface area contributed by atoms with Crippen molar-refractivity contribution in [1.82, 2.24) is 4.90 Å². The number of benzene rings is 2. The van der Waals surface area contributed by atoms with Gasteiger partial charge in [-0.1, -0.05) is 29.8 Å². The summed E-state index contributed by atoms with van der Waals surface area (Å²) in [4.78, 5) is 1.91. The molecule has 0 aliphatic heterocycles. The molecule has 0 radical (unpaired) electrons. The lowest BCUT2D eigenvalue weighted by molar-refractivity contribution is 0.615. The number of nitrogens with zero attached hydrogens (tertiary/aromatic N) is 3. The van der Waals surface area contributed by atoms with Crippen LogP contribution in [0.1, 0.15) is 29.5 Å². The number of halogens is 2. The van der Waals surface area contributed by atoms with Crippen molar-refractivity contribution in [3.05, 3.63) is 70.0 Å². The maximum atomic E-state index is 13.3. The van der Waals surface area contributed by atoms with Gasteiger partial charge in [0.2, 0.25) is 0 Å². The monoisotopic (exact) mass is 343 g/mol. The van der Waals surface area contributed by atoms with E-state index in [1.54, 1.807) is 0 Å². The molecule has 0 saturated heterocycles. The quantitative estimate of drug-likeness (QED) is 0.448. The molecule has 5 heteroatoms. The predicted octanol–water partition coefficient (Wildman–Crippen LogP) is 4.50. The zero-order chi connectivity index (χ0) is 17.3. The zero-order valence-electron chi connectivity index (χ0n) is 13.9. The molecule has 124 valence electrons. The first-order chi connectivity index (χ1) is 11.5. The van der Waals surface area contributed by atoms with E-state index in [0.29, 0.717) is 5.02 Å². The highest BCUT2D eigenvalue weighted by molar-refractivity contribution is 6.31. The van der Waals surface area contributed by atoms with E-state index in [-0.39, 0.29) is 11.7 Å². The minimum Gasteiger partial charge on any atom is -0.365 e. The lowest BCUT2D eigenvalue weighted by Gasteiger charge is -2.12. The summed E-state index contributed by atoms with van der Waals surface area (Å²) < 4.78 is 13.3. The molecule has 0 N–H and O–H groups in total. The maximum absolute atomic E-state index is 13.3. The lowest BCUT2D eigenvalue weighted by atomic mass is 9.95. The van der Waals surface area contributed by atoms with Crippen LogP contribution in [0.5, 0.6) is 0 Å². The predicted molar refractivity (Wildman–Crippen MR) is 97.6 cm³/mol. The van der Waals surface area contributed by atoms with Gasteiger partial charge < -0.3 is 4.90 Å². The molecule has 1 aliphatic rings. The Hall–Kier alpha value is -2.20. The van der Waals surface area contributed by atoms with Gasteiger partial charge in [0, 0.05) is 30.6 Å². The van der Waals surface area contributed by atoms with Crippen LogP contribution in [0.2, 0.25) is 5.02 Å². The summed E-state index contributed by atoms with van der Waals surface area (Å²) in [5, 5.41) is 9.57. The van der Waals surface area contributed by atoms with E-state index in [9.17, 15) is 4.39 Å². The fourth-order valence-electron chi connectivity index (χ4n) is 2.80. The van der Waals surface area contributed by atoms with E-state index >= 15 is 0 Å². The third kappa shape index (κ3) is 3.34. The molecule has 1 aliphatic carbocycles. The second kappa shape index (κ2) is 6.73. The Morgan fingerprint density at radius 1 is 1.17 bits per heavy atom. The van der Waals surface area contributed by atoms with Gasteiger partial charge in [-0.2, -0.15) is 5.10 Å². The third-order valence-electron chi connectivity index (χ3n) is 4.32. The smallest absolute Gasteiger partial charge is 0.123 e. The van der Waals surface area contributed by atoms with E-state index in [1.807, 2.05) is 56.3 Å². The standard InChI is InChI=1S/C19H19ClFN3/c1-12(24(2)3)22-23-19-17-9-6-15(20)10-14(17)11-18(19)13-4-7-16(21)8-5-13/h4-10,18H,11H2,1-3H3/b22-12-,23-19-. The van der Waals surface area contributed by atoms with Crippen LogP contribution in [0, 0.1) is 5.82 Å². The third-order valence-corrected chi connectivity index (χ3v) is 4.55. The van der Waals surface area contributed by atoms with Crippen molar-refractivity contribution in [3.63, 3.8) is 0 Å². The summed E-state index contributed by atoms with van der Waals surface area (Å²) in [6.45, 7) is 1.91. The van der Waals surface area contributed by atoms with Crippen LogP contribution in [0.25, 0.3) is 0 Å². The van der Waals surface area contributed by atoms with Crippen LogP contribution in [-0.2, 0) is 6.42 Å². The minimum absolute atomic E-state index is 0.0535. The average Bonchev–Trinajstić information content (AvgIpc) is 2.90. The summed E-state index contributed by atoms with van der Waals surface area (Å²) in [6, 6.07) is 12.4. The van der Waals surface area contributed by atoms with Gasteiger partial charge in [0.25, 0.3) is 0 Å². The number of hydrogen-bond donors (Lipinski definition) is 0. The van der Waals surface area contributed by atoms with Crippen molar-refractivity contribution in [1.29, 1.82) is 0 Å². The van der Waals surface area contributed by atoms with Gasteiger partial charge in [-0.3, -0.25) is 0 Å². The second-order valence-corrected chi connectivity index (χ2v) is 6.57. The van der Waals surface area contributed by atoms with E-state index in [1.165, 1.54) is 12.1 Å². The molecule has 0 heterocycles. The summed E-state index contributed by atoms with van der Waals surface area (Å²) in [5.41, 5.74) is 4.13. The van der Waals surface area contributed by atoms with Crippen LogP contribution >= 0.6 is 11.6 Å². The van der Waals surface area contributed by atoms with Gasteiger partial charge in [-0.25, -0.2) is 4.39 Å². The average molecular weight is 344 g/mol. The van der Waals surface area contributed by atoms with Gasteiger partial charge in [0.15, 0.2) is 0 Å². The first-order valence-corrected chi connectivity index (χ1v) is 8.17. The fourth-order valence-corrected chi connectivity index (χ4v) is 2.99. The molecule has 1 atom stereocenters. The molecule has 1 unspecified atom stereocenters. The first kappa shape index (κ1) is 16.7. The van der Waals surface area contributed by atoms with Crippen LogP contribution < -0.4 is 0 Å². The summed E-state index contributed by atoms with van der Waals surface area (Å²) in [6.07, 6.45) is 0.789. The number of hydrogen-bond acceptors (Lipinski definition) is 2. The van der Waals surface area contributed by atoms with E-state index in [2.05, 4.69) is 10.2 Å². The van der Waals surface area contributed by atoms with E-state index in [4.69, 9.17) is 11.6 Å². The fraction of sp³-hybridized carbons (Fsp3) is 0.263. The lowest BCUT2D eigenvalue weighted by Crippen LogP contribution is -2.18. The normalized spacial score (nSPS) is 18.8. The van der Waals surface area contributed by atoms with E-state index in [0.717, 1.165) is 34.7 Å². The van der Waals surface area contributed by atoms with Crippen molar-refractivity contribution < 1.29 is 4.39 Å². The van der Waals surface area contributed by atoms with Gasteiger partial charge >= 0.3 is 0 Å². The molecular formula is C19H19ClFN3. The van der Waals surface area contributed by atoms with Gasteiger partial charge in [-0.15, -0.1) is 5.10 Å². The number of rotatable bonds is 2. The number of amidine groups is 1. The Morgan fingerprint density at radius 3 is 2.54 bits per heavy atom. The van der Waals surface area contributed by atoms with Crippen LogP contribution in [0.3, 0.4) is 0 Å². The topological polar surface area (TPSA) is 28.0 Å². The van der Waals surface area contributed by atoms with Gasteiger partial charge in [-0.05, 0) is 48.7 Å². The molecule has 2 aromatic carbocycles. The highest BCUT2D eigenvalue weighted by atomic mass is 35.5. The minimum atomic E-state index is -0.239. The van der Waals surface area contributed by atoms with Crippen LogP contribution in [-0.4, -0.2) is 30.5 Å². The SMILES string of the molecule is C/C(=N/N=C1/c2ccc(Cl)cc2CC1c1ccc(F)cc1)N(C)C.